The topological polar surface area (TPSA) is 55.0 Å². The third-order valence-corrected chi connectivity index (χ3v) is 3.34. The van der Waals surface area contributed by atoms with E-state index in [4.69, 9.17) is 4.74 Å². The summed E-state index contributed by atoms with van der Waals surface area (Å²) < 4.78 is 5.61. The van der Waals surface area contributed by atoms with Gasteiger partial charge in [0.05, 0.1) is 0 Å². The Hall–Kier alpha value is -0.680. The standard InChI is InChI=1S/C10H13BrN2O2/c1-10(3-2-4-15-10)9-12-6-7(5-11)8(14)13-9/h6H,2-5H2,1H3,(H,12,13,14). The summed E-state index contributed by atoms with van der Waals surface area (Å²) in [5.41, 5.74) is 0.137. The van der Waals surface area contributed by atoms with Crippen molar-refractivity contribution in [1.29, 1.82) is 0 Å². The molecular weight excluding hydrogens is 260 g/mol. The van der Waals surface area contributed by atoms with Crippen molar-refractivity contribution in [3.05, 3.63) is 27.9 Å². The Bertz CT molecular complexity index is 410. The van der Waals surface area contributed by atoms with E-state index in [1.807, 2.05) is 6.92 Å². The molecule has 1 aromatic heterocycles. The lowest BCUT2D eigenvalue weighted by Crippen LogP contribution is -2.27. The maximum absolute atomic E-state index is 11.6. The Labute approximate surface area is 96.2 Å². The fraction of sp³-hybridized carbons (Fsp3) is 0.600. The molecule has 1 N–H and O–H groups in total. The number of nitrogens with one attached hydrogen (secondary N) is 1. The molecule has 1 aromatic rings. The Morgan fingerprint density at radius 1 is 1.73 bits per heavy atom. The van der Waals surface area contributed by atoms with Gasteiger partial charge in [-0.3, -0.25) is 4.79 Å². The molecule has 0 amide bonds. The third kappa shape index (κ3) is 1.99. The molecule has 0 aliphatic carbocycles. The number of aromatic nitrogens is 2. The number of aromatic amines is 1. The number of hydrogen-bond donors (Lipinski definition) is 1. The van der Waals surface area contributed by atoms with E-state index in [-0.39, 0.29) is 5.56 Å². The quantitative estimate of drug-likeness (QED) is 0.834. The second kappa shape index (κ2) is 4.06. The van der Waals surface area contributed by atoms with Crippen LogP contribution in [-0.4, -0.2) is 16.6 Å². The van der Waals surface area contributed by atoms with E-state index in [0.717, 1.165) is 19.4 Å². The number of halogens is 1. The molecule has 5 heteroatoms. The molecule has 1 aliphatic rings. The summed E-state index contributed by atoms with van der Waals surface area (Å²) in [7, 11) is 0. The first-order valence-electron chi connectivity index (χ1n) is 4.94. The van der Waals surface area contributed by atoms with Gasteiger partial charge in [-0.1, -0.05) is 15.9 Å². The highest BCUT2D eigenvalue weighted by Gasteiger charge is 2.34. The highest BCUT2D eigenvalue weighted by atomic mass is 79.9. The molecule has 82 valence electrons. The summed E-state index contributed by atoms with van der Waals surface area (Å²) in [6.07, 6.45) is 3.53. The van der Waals surface area contributed by atoms with Crippen LogP contribution >= 0.6 is 15.9 Å². The van der Waals surface area contributed by atoms with E-state index in [2.05, 4.69) is 25.9 Å². The van der Waals surface area contributed by atoms with Gasteiger partial charge in [0, 0.05) is 23.7 Å². The zero-order valence-corrected chi connectivity index (χ0v) is 10.1. The first-order valence-corrected chi connectivity index (χ1v) is 6.06. The van der Waals surface area contributed by atoms with Gasteiger partial charge in [0.2, 0.25) is 0 Å². The smallest absolute Gasteiger partial charge is 0.254 e. The van der Waals surface area contributed by atoms with Gasteiger partial charge in [0.25, 0.3) is 5.56 Å². The normalized spacial score (nSPS) is 25.7. The van der Waals surface area contributed by atoms with Gasteiger partial charge in [-0.15, -0.1) is 0 Å². The van der Waals surface area contributed by atoms with Crippen molar-refractivity contribution in [2.75, 3.05) is 6.61 Å². The minimum Gasteiger partial charge on any atom is -0.367 e. The first kappa shape index (κ1) is 10.8. The van der Waals surface area contributed by atoms with E-state index < -0.39 is 5.60 Å². The minimum atomic E-state index is -0.413. The third-order valence-electron chi connectivity index (χ3n) is 2.74. The lowest BCUT2D eigenvalue weighted by molar-refractivity contribution is 0.00909. The molecule has 1 unspecified atom stereocenters. The van der Waals surface area contributed by atoms with Gasteiger partial charge in [-0.2, -0.15) is 0 Å². The molecule has 15 heavy (non-hydrogen) atoms. The van der Waals surface area contributed by atoms with Gasteiger partial charge in [0.1, 0.15) is 11.4 Å². The lowest BCUT2D eigenvalue weighted by Gasteiger charge is -2.21. The highest BCUT2D eigenvalue weighted by molar-refractivity contribution is 9.08. The van der Waals surface area contributed by atoms with Crippen LogP contribution in [0.25, 0.3) is 0 Å². The SMILES string of the molecule is CC1(c2ncc(CBr)c(=O)[nH]2)CCCO1. The molecular formula is C10H13BrN2O2. The maximum Gasteiger partial charge on any atom is 0.254 e. The van der Waals surface area contributed by atoms with Crippen LogP contribution in [0.2, 0.25) is 0 Å². The van der Waals surface area contributed by atoms with E-state index in [0.29, 0.717) is 16.7 Å². The Kier molecular flexibility index (Phi) is 2.93. The second-order valence-electron chi connectivity index (χ2n) is 3.90. The summed E-state index contributed by atoms with van der Waals surface area (Å²) in [4.78, 5) is 18.6. The molecule has 1 saturated heterocycles. The van der Waals surface area contributed by atoms with Crippen molar-refractivity contribution < 1.29 is 4.74 Å². The average Bonchev–Trinajstić information content (AvgIpc) is 2.66. The van der Waals surface area contributed by atoms with Crippen LogP contribution in [0.1, 0.15) is 31.2 Å². The van der Waals surface area contributed by atoms with Crippen LogP contribution in [0, 0.1) is 0 Å². The molecule has 0 saturated carbocycles. The Morgan fingerprint density at radius 3 is 3.07 bits per heavy atom. The van der Waals surface area contributed by atoms with E-state index >= 15 is 0 Å². The lowest BCUT2D eigenvalue weighted by atomic mass is 10.0. The molecule has 1 aliphatic heterocycles. The number of hydrogen-bond acceptors (Lipinski definition) is 3. The van der Waals surface area contributed by atoms with Crippen LogP contribution in [0.3, 0.4) is 0 Å². The maximum atomic E-state index is 11.6. The Morgan fingerprint density at radius 2 is 2.53 bits per heavy atom. The zero-order chi connectivity index (χ0) is 10.9. The Balaban J connectivity index is 2.37. The number of rotatable bonds is 2. The fourth-order valence-corrected chi connectivity index (χ4v) is 2.15. The van der Waals surface area contributed by atoms with Crippen LogP contribution in [0.5, 0.6) is 0 Å². The molecule has 2 heterocycles. The van der Waals surface area contributed by atoms with Crippen molar-refractivity contribution in [3.63, 3.8) is 0 Å². The first-order chi connectivity index (χ1) is 7.15. The molecule has 4 nitrogen and oxygen atoms in total. The number of ether oxygens (including phenoxy) is 1. The summed E-state index contributed by atoms with van der Waals surface area (Å²) >= 11 is 3.24. The molecule has 0 aromatic carbocycles. The summed E-state index contributed by atoms with van der Waals surface area (Å²) in [6.45, 7) is 2.70. The van der Waals surface area contributed by atoms with Gasteiger partial charge < -0.3 is 9.72 Å². The molecule has 0 bridgehead atoms. The van der Waals surface area contributed by atoms with Crippen molar-refractivity contribution in [3.8, 4) is 0 Å². The van der Waals surface area contributed by atoms with E-state index in [1.165, 1.54) is 0 Å². The van der Waals surface area contributed by atoms with Gasteiger partial charge >= 0.3 is 0 Å². The molecule has 0 radical (unpaired) electrons. The monoisotopic (exact) mass is 272 g/mol. The molecule has 1 fully saturated rings. The van der Waals surface area contributed by atoms with E-state index in [1.54, 1.807) is 6.20 Å². The van der Waals surface area contributed by atoms with Gasteiger partial charge in [-0.05, 0) is 19.8 Å². The largest absolute Gasteiger partial charge is 0.367 e. The van der Waals surface area contributed by atoms with E-state index in [9.17, 15) is 4.79 Å². The molecule has 2 rings (SSSR count). The van der Waals surface area contributed by atoms with Crippen LogP contribution in [0.4, 0.5) is 0 Å². The summed E-state index contributed by atoms with van der Waals surface area (Å²) in [6, 6.07) is 0. The van der Waals surface area contributed by atoms with Crippen molar-refractivity contribution in [1.82, 2.24) is 9.97 Å². The zero-order valence-electron chi connectivity index (χ0n) is 8.55. The highest BCUT2D eigenvalue weighted by Crippen LogP contribution is 2.32. The predicted molar refractivity (Wildman–Crippen MR) is 60.0 cm³/mol. The summed E-state index contributed by atoms with van der Waals surface area (Å²) in [5, 5.41) is 0.521. The van der Waals surface area contributed by atoms with Gasteiger partial charge in [0.15, 0.2) is 0 Å². The number of alkyl halides is 1. The molecule has 0 spiro atoms. The number of H-pyrrole nitrogens is 1. The van der Waals surface area contributed by atoms with Crippen LogP contribution in [0.15, 0.2) is 11.0 Å². The molecule has 1 atom stereocenters. The van der Waals surface area contributed by atoms with Crippen LogP contribution < -0.4 is 5.56 Å². The van der Waals surface area contributed by atoms with Crippen molar-refractivity contribution in [2.24, 2.45) is 0 Å². The fourth-order valence-electron chi connectivity index (χ4n) is 1.75. The van der Waals surface area contributed by atoms with Crippen LogP contribution in [-0.2, 0) is 15.7 Å². The predicted octanol–water partition coefficient (Wildman–Crippen LogP) is 1.69. The van der Waals surface area contributed by atoms with Crippen molar-refractivity contribution >= 4 is 15.9 Å². The minimum absolute atomic E-state index is 0.0893. The number of nitrogens with zero attached hydrogens (tertiary/aromatic N) is 1. The van der Waals surface area contributed by atoms with Crippen molar-refractivity contribution in [2.45, 2.75) is 30.7 Å². The van der Waals surface area contributed by atoms with Gasteiger partial charge in [-0.25, -0.2) is 4.98 Å². The second-order valence-corrected chi connectivity index (χ2v) is 4.46. The average molecular weight is 273 g/mol. The summed E-state index contributed by atoms with van der Waals surface area (Å²) in [5.74, 6) is 0.634.